The Kier molecular flexibility index (Phi) is 4.32. The van der Waals surface area contributed by atoms with Crippen LogP contribution >= 0.6 is 11.6 Å². The molecular weight excluding hydrogens is 357 g/mol. The first-order chi connectivity index (χ1) is 11.7. The second-order valence-electron chi connectivity index (χ2n) is 5.73. The van der Waals surface area contributed by atoms with Crippen molar-refractivity contribution in [1.82, 2.24) is 9.97 Å². The van der Waals surface area contributed by atoms with Crippen LogP contribution in [-0.2, 0) is 19.0 Å². The Balaban J connectivity index is 2.24. The first kappa shape index (κ1) is 17.5. The predicted octanol–water partition coefficient (Wildman–Crippen LogP) is 4.16. The first-order valence-electron chi connectivity index (χ1n) is 7.52. The van der Waals surface area contributed by atoms with E-state index in [1.807, 2.05) is 0 Å². The van der Waals surface area contributed by atoms with E-state index in [0.29, 0.717) is 18.4 Å². The summed E-state index contributed by atoms with van der Waals surface area (Å²) in [6, 6.07) is 3.82. The molecule has 9 heteroatoms. The van der Waals surface area contributed by atoms with Crippen LogP contribution in [-0.4, -0.2) is 16.0 Å². The van der Waals surface area contributed by atoms with Gasteiger partial charge in [0.25, 0.3) is 0 Å². The second kappa shape index (κ2) is 6.18. The van der Waals surface area contributed by atoms with Crippen molar-refractivity contribution < 1.29 is 18.0 Å². The molecular formula is C16H14ClF3N4O. The van der Waals surface area contributed by atoms with Crippen molar-refractivity contribution in [1.29, 1.82) is 0 Å². The van der Waals surface area contributed by atoms with E-state index in [0.717, 1.165) is 4.90 Å². The molecule has 0 aliphatic heterocycles. The number of aryl methyl sites for hydroxylation is 2. The summed E-state index contributed by atoms with van der Waals surface area (Å²) in [6.07, 6.45) is -3.45. The Morgan fingerprint density at radius 3 is 2.60 bits per heavy atom. The monoisotopic (exact) mass is 370 g/mol. The third-order valence-corrected chi connectivity index (χ3v) is 4.33. The van der Waals surface area contributed by atoms with Gasteiger partial charge in [-0.2, -0.15) is 13.2 Å². The largest absolute Gasteiger partial charge is 0.433 e. The van der Waals surface area contributed by atoms with E-state index in [-0.39, 0.29) is 28.4 Å². The molecule has 1 heterocycles. The number of aromatic nitrogens is 2. The SMILES string of the molecule is Cc1cccc(Cl)c1N(C(N)=O)c1nc2c(c(C(F)(F)F)n1)CCC2. The number of nitrogens with zero attached hydrogens (tertiary/aromatic N) is 3. The summed E-state index contributed by atoms with van der Waals surface area (Å²) in [6.45, 7) is 1.66. The quantitative estimate of drug-likeness (QED) is 0.862. The average Bonchev–Trinajstić information content (AvgIpc) is 2.96. The van der Waals surface area contributed by atoms with E-state index in [2.05, 4.69) is 9.97 Å². The third-order valence-electron chi connectivity index (χ3n) is 4.02. The van der Waals surface area contributed by atoms with E-state index in [1.165, 1.54) is 6.07 Å². The number of carbonyl (C=O) groups excluding carboxylic acids is 1. The Hall–Kier alpha value is -2.35. The number of amides is 2. The van der Waals surface area contributed by atoms with Crippen LogP contribution < -0.4 is 10.6 Å². The fraction of sp³-hybridized carbons (Fsp3) is 0.312. The minimum Gasteiger partial charge on any atom is -0.351 e. The highest BCUT2D eigenvalue weighted by molar-refractivity contribution is 6.34. The molecule has 0 spiro atoms. The molecule has 0 saturated heterocycles. The highest BCUT2D eigenvalue weighted by Gasteiger charge is 2.39. The molecule has 132 valence electrons. The molecule has 3 rings (SSSR count). The summed E-state index contributed by atoms with van der Waals surface area (Å²) in [4.78, 5) is 20.6. The average molecular weight is 371 g/mol. The number of alkyl halides is 3. The Bertz CT molecular complexity index is 834. The molecule has 0 atom stereocenters. The number of benzene rings is 1. The maximum absolute atomic E-state index is 13.4. The van der Waals surface area contributed by atoms with Crippen molar-refractivity contribution in [3.05, 3.63) is 45.7 Å². The molecule has 2 amide bonds. The van der Waals surface area contributed by atoms with E-state index < -0.39 is 23.8 Å². The highest BCUT2D eigenvalue weighted by atomic mass is 35.5. The molecule has 0 fully saturated rings. The fourth-order valence-electron chi connectivity index (χ4n) is 2.97. The zero-order valence-electron chi connectivity index (χ0n) is 13.2. The molecule has 0 unspecified atom stereocenters. The fourth-order valence-corrected chi connectivity index (χ4v) is 3.28. The molecule has 0 bridgehead atoms. The first-order valence-corrected chi connectivity index (χ1v) is 7.89. The number of para-hydroxylation sites is 1. The van der Waals surface area contributed by atoms with Gasteiger partial charge in [0.1, 0.15) is 0 Å². The summed E-state index contributed by atoms with van der Waals surface area (Å²) in [5.41, 5.74) is 5.48. The van der Waals surface area contributed by atoms with Crippen molar-refractivity contribution in [2.75, 3.05) is 4.90 Å². The lowest BCUT2D eigenvalue weighted by molar-refractivity contribution is -0.141. The van der Waals surface area contributed by atoms with Gasteiger partial charge in [0.05, 0.1) is 10.7 Å². The molecule has 25 heavy (non-hydrogen) atoms. The topological polar surface area (TPSA) is 72.1 Å². The number of fused-ring (bicyclic) bond motifs is 1. The molecule has 2 aromatic rings. The minimum atomic E-state index is -4.65. The van der Waals surface area contributed by atoms with Crippen LogP contribution in [0.25, 0.3) is 0 Å². The van der Waals surface area contributed by atoms with Crippen LogP contribution in [0.2, 0.25) is 5.02 Å². The zero-order valence-corrected chi connectivity index (χ0v) is 13.9. The van der Waals surface area contributed by atoms with Gasteiger partial charge in [0.2, 0.25) is 5.95 Å². The number of anilines is 2. The molecule has 1 aliphatic carbocycles. The summed E-state index contributed by atoms with van der Waals surface area (Å²) in [5.74, 6) is -0.420. The summed E-state index contributed by atoms with van der Waals surface area (Å²) >= 11 is 6.14. The number of carbonyl (C=O) groups is 1. The predicted molar refractivity (Wildman–Crippen MR) is 87.0 cm³/mol. The van der Waals surface area contributed by atoms with Crippen LogP contribution in [0.5, 0.6) is 0 Å². The van der Waals surface area contributed by atoms with Crippen LogP contribution in [0.1, 0.15) is 28.9 Å². The van der Waals surface area contributed by atoms with Crippen molar-refractivity contribution in [2.24, 2.45) is 5.73 Å². The zero-order chi connectivity index (χ0) is 18.4. The number of nitrogens with two attached hydrogens (primary N) is 1. The maximum Gasteiger partial charge on any atom is 0.433 e. The number of primary amides is 1. The van der Waals surface area contributed by atoms with Gasteiger partial charge >= 0.3 is 12.2 Å². The number of hydrogen-bond acceptors (Lipinski definition) is 3. The van der Waals surface area contributed by atoms with Crippen molar-refractivity contribution in [2.45, 2.75) is 32.4 Å². The molecule has 1 aromatic carbocycles. The second-order valence-corrected chi connectivity index (χ2v) is 6.13. The molecule has 5 nitrogen and oxygen atoms in total. The van der Waals surface area contributed by atoms with Crippen LogP contribution in [0.4, 0.5) is 29.6 Å². The summed E-state index contributed by atoms with van der Waals surface area (Å²) < 4.78 is 40.2. The number of urea groups is 1. The van der Waals surface area contributed by atoms with Gasteiger partial charge in [0.15, 0.2) is 5.69 Å². The standard InChI is InChI=1S/C16H14ClF3N4O/c1-8-4-2-6-10(17)12(8)24(14(21)25)15-22-11-7-3-5-9(11)13(23-15)16(18,19)20/h2,4,6H,3,5,7H2,1H3,(H2,21,25). The van der Waals surface area contributed by atoms with E-state index >= 15 is 0 Å². The molecule has 1 aromatic heterocycles. The summed E-state index contributed by atoms with van der Waals surface area (Å²) in [5, 5.41) is 0.163. The van der Waals surface area contributed by atoms with Crippen molar-refractivity contribution in [3.63, 3.8) is 0 Å². The number of halogens is 4. The smallest absolute Gasteiger partial charge is 0.351 e. The van der Waals surface area contributed by atoms with Crippen LogP contribution in [0.15, 0.2) is 18.2 Å². The van der Waals surface area contributed by atoms with Gasteiger partial charge in [-0.05, 0) is 37.8 Å². The van der Waals surface area contributed by atoms with Gasteiger partial charge in [-0.15, -0.1) is 0 Å². The van der Waals surface area contributed by atoms with Gasteiger partial charge in [-0.25, -0.2) is 19.7 Å². The van der Waals surface area contributed by atoms with E-state index in [9.17, 15) is 18.0 Å². The van der Waals surface area contributed by atoms with Gasteiger partial charge in [-0.3, -0.25) is 0 Å². The normalized spacial score (nSPS) is 13.6. The molecule has 0 saturated carbocycles. The number of hydrogen-bond donors (Lipinski definition) is 1. The van der Waals surface area contributed by atoms with Crippen LogP contribution in [0, 0.1) is 6.92 Å². The lowest BCUT2D eigenvalue weighted by atomic mass is 10.1. The van der Waals surface area contributed by atoms with Crippen molar-refractivity contribution >= 4 is 29.3 Å². The Labute approximate surface area is 146 Å². The molecule has 0 radical (unpaired) electrons. The van der Waals surface area contributed by atoms with Gasteiger partial charge in [0, 0.05) is 11.3 Å². The van der Waals surface area contributed by atoms with E-state index in [4.69, 9.17) is 17.3 Å². The summed E-state index contributed by atoms with van der Waals surface area (Å²) in [7, 11) is 0. The Morgan fingerprint density at radius 2 is 2.00 bits per heavy atom. The van der Waals surface area contributed by atoms with Crippen molar-refractivity contribution in [3.8, 4) is 0 Å². The lowest BCUT2D eigenvalue weighted by Gasteiger charge is -2.23. The van der Waals surface area contributed by atoms with Gasteiger partial charge in [-0.1, -0.05) is 23.7 Å². The van der Waals surface area contributed by atoms with E-state index in [1.54, 1.807) is 19.1 Å². The van der Waals surface area contributed by atoms with Crippen LogP contribution in [0.3, 0.4) is 0 Å². The minimum absolute atomic E-state index is 0.0801. The lowest BCUT2D eigenvalue weighted by Crippen LogP contribution is -2.34. The molecule has 2 N–H and O–H groups in total. The molecule has 1 aliphatic rings. The number of rotatable bonds is 2. The highest BCUT2D eigenvalue weighted by Crippen LogP contribution is 2.39. The Morgan fingerprint density at radius 1 is 1.28 bits per heavy atom. The maximum atomic E-state index is 13.4. The third kappa shape index (κ3) is 3.13. The van der Waals surface area contributed by atoms with Gasteiger partial charge < -0.3 is 5.73 Å².